The summed E-state index contributed by atoms with van der Waals surface area (Å²) in [4.78, 5) is 0. The monoisotopic (exact) mass is 390 g/mol. The van der Waals surface area contributed by atoms with Crippen LogP contribution in [0.1, 0.15) is 0 Å². The highest BCUT2D eigenvalue weighted by Crippen LogP contribution is 2.70. The summed E-state index contributed by atoms with van der Waals surface area (Å²) >= 11 is -0.350. The molecule has 0 radical (unpaired) electrons. The van der Waals surface area contributed by atoms with Gasteiger partial charge in [-0.15, -0.1) is 0 Å². The smallest absolute Gasteiger partial charge is 0.224 e. The van der Waals surface area contributed by atoms with Crippen LogP contribution in [0.5, 0.6) is 0 Å². The highest BCUT2D eigenvalue weighted by atomic mass is 127. The van der Waals surface area contributed by atoms with Gasteiger partial charge in [0.15, 0.2) is 5.92 Å². The van der Waals surface area contributed by atoms with Crippen molar-refractivity contribution < 1.29 is 43.9 Å². The predicted octanol–water partition coefficient (Wildman–Crippen LogP) is 4.19. The molecule has 0 aliphatic heterocycles. The first-order chi connectivity index (χ1) is 7.12. The van der Waals surface area contributed by atoms with Gasteiger partial charge >= 0.3 is 23.9 Å². The number of halogens is 11. The zero-order valence-corrected chi connectivity index (χ0v) is 9.39. The van der Waals surface area contributed by atoms with Crippen molar-refractivity contribution in [3.05, 3.63) is 0 Å². The van der Waals surface area contributed by atoms with Crippen LogP contribution in [0.2, 0.25) is 0 Å². The zero-order valence-electron chi connectivity index (χ0n) is 7.23. The molecular weight excluding hydrogens is 389 g/mol. The Morgan fingerprint density at radius 3 is 1.24 bits per heavy atom. The van der Waals surface area contributed by atoms with Crippen LogP contribution in [0.4, 0.5) is 43.9 Å². The molecule has 0 spiro atoms. The standard InChI is InChI=1S/C6HF10I/c7-2(8)1(4(10,11)12)3(9,17)6(15,16)5(2,13)14/h1H/t1-,3+/m1/s1. The fourth-order valence-electron chi connectivity index (χ4n) is 1.42. The van der Waals surface area contributed by atoms with Crippen molar-refractivity contribution in [3.63, 3.8) is 0 Å². The molecule has 0 nitrogen and oxygen atoms in total. The Bertz CT molecular complexity index is 302. The second-order valence-corrected chi connectivity index (χ2v) is 4.94. The maximum absolute atomic E-state index is 13.1. The van der Waals surface area contributed by atoms with E-state index in [0.29, 0.717) is 0 Å². The highest BCUT2D eigenvalue weighted by Gasteiger charge is 2.95. The van der Waals surface area contributed by atoms with Crippen molar-refractivity contribution in [1.29, 1.82) is 0 Å². The third-order valence-corrected chi connectivity index (χ3v) is 3.58. The molecule has 0 amide bonds. The van der Waals surface area contributed by atoms with E-state index in [0.717, 1.165) is 0 Å². The molecule has 2 atom stereocenters. The Morgan fingerprint density at radius 1 is 0.765 bits per heavy atom. The zero-order chi connectivity index (χ0) is 14.1. The number of hydrogen-bond donors (Lipinski definition) is 0. The molecule has 0 aromatic heterocycles. The minimum Gasteiger partial charge on any atom is -0.224 e. The number of rotatable bonds is 0. The van der Waals surface area contributed by atoms with Crippen LogP contribution >= 0.6 is 22.6 Å². The van der Waals surface area contributed by atoms with Crippen LogP contribution in [0, 0.1) is 5.92 Å². The van der Waals surface area contributed by atoms with Gasteiger partial charge in [-0.2, -0.15) is 39.5 Å². The second-order valence-electron chi connectivity index (χ2n) is 3.37. The average Bonchev–Trinajstić information content (AvgIpc) is 2.03. The molecule has 17 heavy (non-hydrogen) atoms. The van der Waals surface area contributed by atoms with E-state index in [1.165, 1.54) is 0 Å². The molecule has 0 aromatic rings. The fourth-order valence-corrected chi connectivity index (χ4v) is 2.50. The van der Waals surface area contributed by atoms with E-state index in [1.54, 1.807) is 0 Å². The summed E-state index contributed by atoms with van der Waals surface area (Å²) < 4.78 is 120. The molecule has 0 N–H and O–H groups in total. The maximum atomic E-state index is 13.1. The molecule has 0 saturated heterocycles. The van der Waals surface area contributed by atoms with Crippen molar-refractivity contribution in [2.45, 2.75) is 27.6 Å². The third-order valence-electron chi connectivity index (χ3n) is 2.28. The highest BCUT2D eigenvalue weighted by molar-refractivity contribution is 14.1. The lowest BCUT2D eigenvalue weighted by atomic mass is 10.0. The molecular formula is C6HF10I. The minimum atomic E-state index is -6.42. The van der Waals surface area contributed by atoms with Crippen molar-refractivity contribution in [1.82, 2.24) is 0 Å². The quantitative estimate of drug-likeness (QED) is 0.331. The Morgan fingerprint density at radius 2 is 1.12 bits per heavy atom. The van der Waals surface area contributed by atoms with Crippen molar-refractivity contribution >= 4 is 22.6 Å². The Kier molecular flexibility index (Phi) is 2.95. The van der Waals surface area contributed by atoms with Gasteiger partial charge in [0.25, 0.3) is 0 Å². The van der Waals surface area contributed by atoms with Gasteiger partial charge in [0.2, 0.25) is 3.68 Å². The molecule has 1 rings (SSSR count). The van der Waals surface area contributed by atoms with Gasteiger partial charge in [0.05, 0.1) is 0 Å². The first-order valence-electron chi connectivity index (χ1n) is 3.69. The molecule has 1 aliphatic rings. The lowest BCUT2D eigenvalue weighted by Crippen LogP contribution is -2.50. The van der Waals surface area contributed by atoms with E-state index in [2.05, 4.69) is 0 Å². The molecule has 1 fully saturated rings. The van der Waals surface area contributed by atoms with Gasteiger partial charge in [-0.05, 0) is 22.6 Å². The Labute approximate surface area is 100 Å². The first-order valence-corrected chi connectivity index (χ1v) is 4.77. The van der Waals surface area contributed by atoms with E-state index in [1.807, 2.05) is 0 Å². The molecule has 1 aliphatic carbocycles. The lowest BCUT2D eigenvalue weighted by molar-refractivity contribution is -0.301. The number of alkyl halides is 11. The predicted molar refractivity (Wildman–Crippen MR) is 42.2 cm³/mol. The third kappa shape index (κ3) is 1.56. The molecule has 0 heterocycles. The van der Waals surface area contributed by atoms with Crippen molar-refractivity contribution in [2.75, 3.05) is 0 Å². The van der Waals surface area contributed by atoms with Gasteiger partial charge in [-0.25, -0.2) is 4.39 Å². The molecule has 1 saturated carbocycles. The maximum Gasteiger partial charge on any atom is 0.401 e. The molecule has 11 heteroatoms. The Balaban J connectivity index is 3.54. The SMILES string of the molecule is FC(F)(F)[C@@H]1C(F)(F)C(F)(F)C(F)(F)[C@@]1(F)I. The summed E-state index contributed by atoms with van der Waals surface area (Å²) in [6.45, 7) is 0. The summed E-state index contributed by atoms with van der Waals surface area (Å²) in [6.07, 6.45) is -6.23. The van der Waals surface area contributed by atoms with E-state index in [-0.39, 0.29) is 22.6 Å². The fraction of sp³-hybridized carbons (Fsp3) is 1.00. The van der Waals surface area contributed by atoms with Gasteiger partial charge in [0, 0.05) is 0 Å². The second kappa shape index (κ2) is 3.32. The van der Waals surface area contributed by atoms with Gasteiger partial charge in [0.1, 0.15) is 0 Å². The summed E-state index contributed by atoms with van der Waals surface area (Å²) in [7, 11) is 0. The lowest BCUT2D eigenvalue weighted by Gasteiger charge is -2.27. The molecule has 0 aromatic carbocycles. The Hall–Kier alpha value is 0.0300. The van der Waals surface area contributed by atoms with Crippen molar-refractivity contribution in [3.8, 4) is 0 Å². The van der Waals surface area contributed by atoms with E-state index < -0.39 is 33.5 Å². The molecule has 0 bridgehead atoms. The van der Waals surface area contributed by atoms with Crippen molar-refractivity contribution in [2.24, 2.45) is 5.92 Å². The van der Waals surface area contributed by atoms with Crippen LogP contribution in [-0.4, -0.2) is 27.6 Å². The largest absolute Gasteiger partial charge is 0.401 e. The summed E-state index contributed by atoms with van der Waals surface area (Å²) in [5.74, 6) is -23.6. The normalized spacial score (nSPS) is 39.4. The summed E-state index contributed by atoms with van der Waals surface area (Å²) in [5, 5.41) is 0. The summed E-state index contributed by atoms with van der Waals surface area (Å²) in [5.41, 5.74) is 0. The van der Waals surface area contributed by atoms with E-state index in [9.17, 15) is 43.9 Å². The van der Waals surface area contributed by atoms with Crippen LogP contribution in [-0.2, 0) is 0 Å². The van der Waals surface area contributed by atoms with Gasteiger partial charge in [-0.3, -0.25) is 0 Å². The first kappa shape index (κ1) is 15.1. The molecule has 102 valence electrons. The van der Waals surface area contributed by atoms with E-state index in [4.69, 9.17) is 0 Å². The van der Waals surface area contributed by atoms with Crippen LogP contribution in [0.3, 0.4) is 0 Å². The topological polar surface area (TPSA) is 0 Å². The van der Waals surface area contributed by atoms with Crippen LogP contribution in [0.25, 0.3) is 0 Å². The minimum absolute atomic E-state index is 0.350. The average molecular weight is 390 g/mol. The molecule has 0 unspecified atom stereocenters. The van der Waals surface area contributed by atoms with E-state index >= 15 is 0 Å². The van der Waals surface area contributed by atoms with Crippen LogP contribution in [0.15, 0.2) is 0 Å². The summed E-state index contributed by atoms with van der Waals surface area (Å²) in [6, 6.07) is 0. The van der Waals surface area contributed by atoms with Crippen LogP contribution < -0.4 is 0 Å². The van der Waals surface area contributed by atoms with Gasteiger partial charge < -0.3 is 0 Å². The number of hydrogen-bond acceptors (Lipinski definition) is 0. The van der Waals surface area contributed by atoms with Gasteiger partial charge in [-0.1, -0.05) is 0 Å².